The molecule has 0 aliphatic carbocycles. The molecular weight excluding hydrogens is 246 g/mol. The summed E-state index contributed by atoms with van der Waals surface area (Å²) in [7, 11) is 0. The fourth-order valence-corrected chi connectivity index (χ4v) is 1.77. The molecule has 1 aliphatic rings. The summed E-state index contributed by atoms with van der Waals surface area (Å²) in [6, 6.07) is 2.23. The molecule has 0 saturated carbocycles. The summed E-state index contributed by atoms with van der Waals surface area (Å²) in [5.74, 6) is -1.88. The van der Waals surface area contributed by atoms with Crippen molar-refractivity contribution in [1.82, 2.24) is 5.16 Å². The lowest BCUT2D eigenvalue weighted by Gasteiger charge is -2.20. The molecule has 7 heteroatoms. The van der Waals surface area contributed by atoms with Gasteiger partial charge in [-0.05, 0) is 0 Å². The van der Waals surface area contributed by atoms with Gasteiger partial charge in [0, 0.05) is 12.1 Å². The van der Waals surface area contributed by atoms with Crippen molar-refractivity contribution >= 4 is 5.88 Å². The molecule has 94 valence electrons. The number of fused-ring (bicyclic) bond motifs is 1. The first-order chi connectivity index (χ1) is 8.66. The van der Waals surface area contributed by atoms with E-state index in [0.717, 1.165) is 6.07 Å². The molecule has 2 N–H and O–H groups in total. The van der Waals surface area contributed by atoms with Gasteiger partial charge in [0.15, 0.2) is 23.1 Å². The van der Waals surface area contributed by atoms with Crippen molar-refractivity contribution in [3.63, 3.8) is 0 Å². The number of nitrogen functional groups attached to an aromatic ring is 1. The van der Waals surface area contributed by atoms with Crippen LogP contribution in [0.2, 0.25) is 0 Å². The molecule has 0 unspecified atom stereocenters. The third kappa shape index (κ3) is 1.55. The van der Waals surface area contributed by atoms with E-state index in [1.54, 1.807) is 0 Å². The minimum Gasteiger partial charge on any atom is -0.486 e. The Morgan fingerprint density at radius 3 is 2.67 bits per heavy atom. The van der Waals surface area contributed by atoms with Crippen molar-refractivity contribution in [2.45, 2.75) is 0 Å². The lowest BCUT2D eigenvalue weighted by atomic mass is 10.1. The maximum Gasteiger partial charge on any atom is 0.222 e. The van der Waals surface area contributed by atoms with E-state index in [0.29, 0.717) is 0 Å². The predicted molar refractivity (Wildman–Crippen MR) is 57.3 cm³/mol. The summed E-state index contributed by atoms with van der Waals surface area (Å²) >= 11 is 0. The van der Waals surface area contributed by atoms with Gasteiger partial charge in [0.05, 0.1) is 5.56 Å². The summed E-state index contributed by atoms with van der Waals surface area (Å²) in [5.41, 5.74) is 5.28. The first-order valence-electron chi connectivity index (χ1n) is 5.17. The van der Waals surface area contributed by atoms with Crippen LogP contribution in [0.3, 0.4) is 0 Å². The molecule has 1 aromatic carbocycles. The second-order valence-corrected chi connectivity index (χ2v) is 3.69. The molecule has 5 nitrogen and oxygen atoms in total. The van der Waals surface area contributed by atoms with Gasteiger partial charge in [0.2, 0.25) is 5.88 Å². The summed E-state index contributed by atoms with van der Waals surface area (Å²) in [5, 5.41) is 3.55. The maximum atomic E-state index is 13.9. The van der Waals surface area contributed by atoms with E-state index in [4.69, 9.17) is 15.2 Å². The van der Waals surface area contributed by atoms with Crippen LogP contribution < -0.4 is 15.2 Å². The molecule has 1 aliphatic heterocycles. The molecule has 0 bridgehead atoms. The SMILES string of the molecule is Nc1cc(-c2c(F)c(F)cc3c2OCCO3)no1. The highest BCUT2D eigenvalue weighted by Crippen LogP contribution is 2.42. The van der Waals surface area contributed by atoms with Crippen LogP contribution in [0, 0.1) is 11.6 Å². The average Bonchev–Trinajstić information content (AvgIpc) is 2.77. The molecule has 1 aromatic heterocycles. The average molecular weight is 254 g/mol. The van der Waals surface area contributed by atoms with Crippen molar-refractivity contribution in [2.24, 2.45) is 0 Å². The Labute approximate surface area is 100 Å². The van der Waals surface area contributed by atoms with Crippen LogP contribution >= 0.6 is 0 Å². The van der Waals surface area contributed by atoms with E-state index in [-0.39, 0.29) is 41.9 Å². The highest BCUT2D eigenvalue weighted by molar-refractivity contribution is 5.73. The van der Waals surface area contributed by atoms with Crippen molar-refractivity contribution < 1.29 is 22.8 Å². The largest absolute Gasteiger partial charge is 0.486 e. The van der Waals surface area contributed by atoms with Crippen molar-refractivity contribution in [3.05, 3.63) is 23.8 Å². The number of aromatic nitrogens is 1. The van der Waals surface area contributed by atoms with Crippen molar-refractivity contribution in [3.8, 4) is 22.8 Å². The number of hydrogen-bond acceptors (Lipinski definition) is 5. The molecule has 0 amide bonds. The first kappa shape index (κ1) is 10.8. The molecule has 3 rings (SSSR count). The van der Waals surface area contributed by atoms with E-state index < -0.39 is 11.6 Å². The van der Waals surface area contributed by atoms with Crippen molar-refractivity contribution in [2.75, 3.05) is 18.9 Å². The summed E-state index contributed by atoms with van der Waals surface area (Å²) in [6.07, 6.45) is 0. The molecular formula is C11H8F2N2O3. The minimum atomic E-state index is -1.08. The standard InChI is InChI=1S/C11H8F2N2O3/c12-5-3-7-11(17-2-1-16-7)9(10(5)13)6-4-8(14)18-15-6/h3-4H,1-2,14H2. The molecule has 0 saturated heterocycles. The quantitative estimate of drug-likeness (QED) is 0.842. The third-order valence-corrected chi connectivity index (χ3v) is 2.51. The van der Waals surface area contributed by atoms with Gasteiger partial charge in [-0.2, -0.15) is 0 Å². The van der Waals surface area contributed by atoms with E-state index in [9.17, 15) is 8.78 Å². The molecule has 0 fully saturated rings. The summed E-state index contributed by atoms with van der Waals surface area (Å²) < 4.78 is 42.5. The fraction of sp³-hybridized carbons (Fsp3) is 0.182. The number of halogens is 2. The molecule has 0 spiro atoms. The lowest BCUT2D eigenvalue weighted by molar-refractivity contribution is 0.170. The van der Waals surface area contributed by atoms with Crippen LogP contribution in [0.25, 0.3) is 11.3 Å². The Morgan fingerprint density at radius 1 is 1.17 bits per heavy atom. The molecule has 0 atom stereocenters. The molecule has 2 aromatic rings. The number of rotatable bonds is 1. The first-order valence-corrected chi connectivity index (χ1v) is 5.17. The number of nitrogens with two attached hydrogens (primary N) is 1. The normalized spacial score (nSPS) is 13.7. The second-order valence-electron chi connectivity index (χ2n) is 3.69. The van der Waals surface area contributed by atoms with E-state index in [1.165, 1.54) is 6.07 Å². The molecule has 2 heterocycles. The fourth-order valence-electron chi connectivity index (χ4n) is 1.77. The van der Waals surface area contributed by atoms with Crippen LogP contribution in [0.4, 0.5) is 14.7 Å². The smallest absolute Gasteiger partial charge is 0.222 e. The zero-order chi connectivity index (χ0) is 12.7. The second kappa shape index (κ2) is 3.86. The van der Waals surface area contributed by atoms with E-state index >= 15 is 0 Å². The van der Waals surface area contributed by atoms with Gasteiger partial charge in [-0.3, -0.25) is 0 Å². The van der Waals surface area contributed by atoms with Crippen molar-refractivity contribution in [1.29, 1.82) is 0 Å². The van der Waals surface area contributed by atoms with Crippen LogP contribution in [0.15, 0.2) is 16.7 Å². The van der Waals surface area contributed by atoms with E-state index in [2.05, 4.69) is 9.68 Å². The minimum absolute atomic E-state index is 0.000797. The van der Waals surface area contributed by atoms with Crippen LogP contribution in [-0.2, 0) is 0 Å². The zero-order valence-electron chi connectivity index (χ0n) is 9.07. The number of hydrogen-bond donors (Lipinski definition) is 1. The number of ether oxygens (including phenoxy) is 2. The monoisotopic (exact) mass is 254 g/mol. The third-order valence-electron chi connectivity index (χ3n) is 2.51. The van der Waals surface area contributed by atoms with Gasteiger partial charge in [0.25, 0.3) is 0 Å². The van der Waals surface area contributed by atoms with Crippen LogP contribution in [0.5, 0.6) is 11.5 Å². The van der Waals surface area contributed by atoms with Gasteiger partial charge in [-0.15, -0.1) is 0 Å². The maximum absolute atomic E-state index is 13.9. The number of nitrogens with zero attached hydrogens (tertiary/aromatic N) is 1. The topological polar surface area (TPSA) is 70.5 Å². The Kier molecular flexibility index (Phi) is 2.32. The Bertz CT molecular complexity index is 613. The lowest BCUT2D eigenvalue weighted by Crippen LogP contribution is -2.17. The number of anilines is 1. The van der Waals surface area contributed by atoms with Gasteiger partial charge < -0.3 is 19.7 Å². The summed E-state index contributed by atoms with van der Waals surface area (Å²) in [4.78, 5) is 0. The van der Waals surface area contributed by atoms with Gasteiger partial charge in [-0.1, -0.05) is 5.16 Å². The zero-order valence-corrected chi connectivity index (χ0v) is 9.07. The highest BCUT2D eigenvalue weighted by atomic mass is 19.2. The Hall–Kier alpha value is -2.31. The Balaban J connectivity index is 2.26. The molecule has 0 radical (unpaired) electrons. The van der Waals surface area contributed by atoms with E-state index in [1.807, 2.05) is 0 Å². The highest BCUT2D eigenvalue weighted by Gasteiger charge is 2.26. The molecule has 18 heavy (non-hydrogen) atoms. The van der Waals surface area contributed by atoms with Gasteiger partial charge in [0.1, 0.15) is 18.9 Å². The van der Waals surface area contributed by atoms with Crippen LogP contribution in [0.1, 0.15) is 0 Å². The van der Waals surface area contributed by atoms with Gasteiger partial charge in [-0.25, -0.2) is 8.78 Å². The Morgan fingerprint density at radius 2 is 1.94 bits per heavy atom. The summed E-state index contributed by atoms with van der Waals surface area (Å²) in [6.45, 7) is 0.525. The van der Waals surface area contributed by atoms with Gasteiger partial charge >= 0.3 is 0 Å². The number of benzene rings is 1. The van der Waals surface area contributed by atoms with Crippen LogP contribution in [-0.4, -0.2) is 18.4 Å². The predicted octanol–water partition coefficient (Wildman–Crippen LogP) is 1.97.